The van der Waals surface area contributed by atoms with Crippen molar-refractivity contribution in [2.45, 2.75) is 6.42 Å². The zero-order valence-electron chi connectivity index (χ0n) is 11.2. The molecule has 0 fully saturated rings. The molecule has 0 radical (unpaired) electrons. The molecule has 1 aromatic carbocycles. The van der Waals surface area contributed by atoms with Gasteiger partial charge in [0.15, 0.2) is 5.69 Å². The summed E-state index contributed by atoms with van der Waals surface area (Å²) in [5, 5.41) is 4.30. The molecule has 0 aliphatic carbocycles. The lowest BCUT2D eigenvalue weighted by atomic mass is 10.1. The summed E-state index contributed by atoms with van der Waals surface area (Å²) in [5.41, 5.74) is 8.09. The van der Waals surface area contributed by atoms with Gasteiger partial charge in [0.25, 0.3) is 5.91 Å². The van der Waals surface area contributed by atoms with Gasteiger partial charge in [-0.15, -0.1) is 0 Å². The van der Waals surface area contributed by atoms with Crippen molar-refractivity contribution in [3.63, 3.8) is 0 Å². The molecule has 0 aliphatic heterocycles. The predicted octanol–water partition coefficient (Wildman–Crippen LogP) is 1.08. The average Bonchev–Trinajstić information content (AvgIpc) is 2.88. The summed E-state index contributed by atoms with van der Waals surface area (Å²) in [6.07, 6.45) is 2.62. The number of carbonyl (C=O) groups excluding carboxylic acids is 1. The first-order valence-corrected chi connectivity index (χ1v) is 6.18. The number of benzene rings is 1. The van der Waals surface area contributed by atoms with Crippen LogP contribution >= 0.6 is 0 Å². The predicted molar refractivity (Wildman–Crippen MR) is 74.3 cm³/mol. The van der Waals surface area contributed by atoms with E-state index in [1.165, 1.54) is 4.90 Å². The molecule has 5 nitrogen and oxygen atoms in total. The fraction of sp³-hybridized carbons (Fsp3) is 0.286. The molecule has 2 N–H and O–H groups in total. The molecule has 0 saturated heterocycles. The van der Waals surface area contributed by atoms with Crippen LogP contribution in [0.1, 0.15) is 16.1 Å². The van der Waals surface area contributed by atoms with Gasteiger partial charge in [-0.2, -0.15) is 5.10 Å². The Bertz CT molecular complexity index is 574. The van der Waals surface area contributed by atoms with E-state index in [9.17, 15) is 4.79 Å². The van der Waals surface area contributed by atoms with Crippen molar-refractivity contribution >= 4 is 5.91 Å². The van der Waals surface area contributed by atoms with E-state index in [4.69, 9.17) is 5.73 Å². The summed E-state index contributed by atoms with van der Waals surface area (Å²) in [5.74, 6) is -0.100. The molecule has 2 rings (SSSR count). The van der Waals surface area contributed by atoms with E-state index >= 15 is 0 Å². The van der Waals surface area contributed by atoms with Gasteiger partial charge in [0.05, 0.1) is 5.69 Å². The van der Waals surface area contributed by atoms with Crippen LogP contribution in [-0.2, 0) is 6.42 Å². The second kappa shape index (κ2) is 5.67. The second-order valence-corrected chi connectivity index (χ2v) is 4.55. The van der Waals surface area contributed by atoms with Crippen molar-refractivity contribution in [1.82, 2.24) is 14.7 Å². The summed E-state index contributed by atoms with van der Waals surface area (Å²) in [6, 6.07) is 9.71. The van der Waals surface area contributed by atoms with Gasteiger partial charge >= 0.3 is 0 Å². The molecule has 0 unspecified atom stereocenters. The molecule has 0 saturated carbocycles. The molecule has 100 valence electrons. The zero-order valence-corrected chi connectivity index (χ0v) is 11.2. The minimum atomic E-state index is -0.100. The zero-order chi connectivity index (χ0) is 13.8. The first kappa shape index (κ1) is 13.3. The largest absolute Gasteiger partial charge is 0.343 e. The van der Waals surface area contributed by atoms with Gasteiger partial charge in [0, 0.05) is 20.3 Å². The Morgan fingerprint density at radius 2 is 2.16 bits per heavy atom. The number of amides is 1. The van der Waals surface area contributed by atoms with Crippen molar-refractivity contribution in [2.75, 3.05) is 20.6 Å². The number of nitrogens with zero attached hydrogens (tertiary/aromatic N) is 3. The van der Waals surface area contributed by atoms with Crippen LogP contribution in [0.3, 0.4) is 0 Å². The second-order valence-electron chi connectivity index (χ2n) is 4.55. The Labute approximate surface area is 112 Å². The SMILES string of the molecule is CN(C)C(=O)c1ccn(-c2cccc(CCN)c2)n1. The maximum Gasteiger partial charge on any atom is 0.273 e. The van der Waals surface area contributed by atoms with E-state index in [2.05, 4.69) is 5.10 Å². The molecule has 19 heavy (non-hydrogen) atoms. The van der Waals surface area contributed by atoms with E-state index in [-0.39, 0.29) is 5.91 Å². The third kappa shape index (κ3) is 3.00. The fourth-order valence-corrected chi connectivity index (χ4v) is 1.83. The van der Waals surface area contributed by atoms with Crippen molar-refractivity contribution in [1.29, 1.82) is 0 Å². The first-order valence-electron chi connectivity index (χ1n) is 6.18. The molecule has 1 heterocycles. The number of nitrogens with two attached hydrogens (primary N) is 1. The topological polar surface area (TPSA) is 64.2 Å². The highest BCUT2D eigenvalue weighted by atomic mass is 16.2. The molecule has 1 amide bonds. The van der Waals surface area contributed by atoms with Crippen LogP contribution in [0.2, 0.25) is 0 Å². The maximum absolute atomic E-state index is 11.8. The molecular weight excluding hydrogens is 240 g/mol. The third-order valence-electron chi connectivity index (χ3n) is 2.82. The van der Waals surface area contributed by atoms with Crippen LogP contribution in [0.25, 0.3) is 5.69 Å². The Hall–Kier alpha value is -2.14. The number of hydrogen-bond donors (Lipinski definition) is 1. The molecule has 1 aromatic heterocycles. The minimum Gasteiger partial charge on any atom is -0.343 e. The summed E-state index contributed by atoms with van der Waals surface area (Å²) in [6.45, 7) is 0.618. The molecular formula is C14H18N4O. The van der Waals surface area contributed by atoms with Crippen LogP contribution in [0.4, 0.5) is 0 Å². The van der Waals surface area contributed by atoms with Gasteiger partial charge in [-0.05, 0) is 36.7 Å². The third-order valence-corrected chi connectivity index (χ3v) is 2.82. The van der Waals surface area contributed by atoms with E-state index in [0.717, 1.165) is 17.7 Å². The van der Waals surface area contributed by atoms with E-state index in [1.807, 2.05) is 24.3 Å². The van der Waals surface area contributed by atoms with Gasteiger partial charge in [-0.25, -0.2) is 4.68 Å². The van der Waals surface area contributed by atoms with Crippen LogP contribution in [0, 0.1) is 0 Å². The normalized spacial score (nSPS) is 10.5. The van der Waals surface area contributed by atoms with Gasteiger partial charge in [-0.1, -0.05) is 12.1 Å². The van der Waals surface area contributed by atoms with Crippen molar-refractivity contribution < 1.29 is 4.79 Å². The van der Waals surface area contributed by atoms with Crippen LogP contribution < -0.4 is 5.73 Å². The Kier molecular flexibility index (Phi) is 3.97. The van der Waals surface area contributed by atoms with Crippen LogP contribution in [0.5, 0.6) is 0 Å². The van der Waals surface area contributed by atoms with Gasteiger partial charge in [-0.3, -0.25) is 4.79 Å². The lowest BCUT2D eigenvalue weighted by molar-refractivity contribution is 0.0821. The molecule has 2 aromatic rings. The molecule has 5 heteroatoms. The molecule has 0 aliphatic rings. The standard InChI is InChI=1S/C14H18N4O/c1-17(2)14(19)13-7-9-18(16-13)12-5-3-4-11(10-12)6-8-15/h3-5,7,9-10H,6,8,15H2,1-2H3. The monoisotopic (exact) mass is 258 g/mol. The first-order chi connectivity index (χ1) is 9.11. The number of carbonyl (C=O) groups is 1. The smallest absolute Gasteiger partial charge is 0.273 e. The number of hydrogen-bond acceptors (Lipinski definition) is 3. The fourth-order valence-electron chi connectivity index (χ4n) is 1.83. The molecule has 0 atom stereocenters. The Morgan fingerprint density at radius 1 is 1.37 bits per heavy atom. The highest BCUT2D eigenvalue weighted by Gasteiger charge is 2.11. The summed E-state index contributed by atoms with van der Waals surface area (Å²) in [7, 11) is 3.42. The highest BCUT2D eigenvalue weighted by molar-refractivity contribution is 5.91. The lowest BCUT2D eigenvalue weighted by Crippen LogP contribution is -2.22. The Morgan fingerprint density at radius 3 is 2.84 bits per heavy atom. The number of aromatic nitrogens is 2. The molecule has 0 bridgehead atoms. The van der Waals surface area contributed by atoms with E-state index in [0.29, 0.717) is 12.2 Å². The van der Waals surface area contributed by atoms with E-state index < -0.39 is 0 Å². The Balaban J connectivity index is 2.27. The maximum atomic E-state index is 11.8. The van der Waals surface area contributed by atoms with Crippen molar-refractivity contribution in [2.24, 2.45) is 5.73 Å². The number of rotatable bonds is 4. The van der Waals surface area contributed by atoms with Gasteiger partial charge < -0.3 is 10.6 Å². The summed E-state index contributed by atoms with van der Waals surface area (Å²) in [4.78, 5) is 13.3. The van der Waals surface area contributed by atoms with Crippen molar-refractivity contribution in [3.8, 4) is 5.69 Å². The van der Waals surface area contributed by atoms with Crippen LogP contribution in [0.15, 0.2) is 36.5 Å². The highest BCUT2D eigenvalue weighted by Crippen LogP contribution is 2.11. The summed E-state index contributed by atoms with van der Waals surface area (Å²) >= 11 is 0. The molecule has 0 spiro atoms. The lowest BCUT2D eigenvalue weighted by Gasteiger charge is -2.07. The quantitative estimate of drug-likeness (QED) is 0.892. The van der Waals surface area contributed by atoms with Crippen LogP contribution in [-0.4, -0.2) is 41.2 Å². The minimum absolute atomic E-state index is 0.100. The van der Waals surface area contributed by atoms with Gasteiger partial charge in [0.2, 0.25) is 0 Å². The average molecular weight is 258 g/mol. The van der Waals surface area contributed by atoms with Gasteiger partial charge in [0.1, 0.15) is 0 Å². The summed E-state index contributed by atoms with van der Waals surface area (Å²) < 4.78 is 1.71. The van der Waals surface area contributed by atoms with Crippen molar-refractivity contribution in [3.05, 3.63) is 47.8 Å². The van der Waals surface area contributed by atoms with E-state index in [1.54, 1.807) is 31.0 Å².